The molecule has 0 amide bonds. The van der Waals surface area contributed by atoms with Crippen LogP contribution in [0.3, 0.4) is 0 Å². The van der Waals surface area contributed by atoms with Crippen molar-refractivity contribution in [3.8, 4) is 6.07 Å². The highest BCUT2D eigenvalue weighted by atomic mass is 14.9. The average Bonchev–Trinajstić information content (AvgIpc) is 2.59. The summed E-state index contributed by atoms with van der Waals surface area (Å²) < 4.78 is 0. The quantitative estimate of drug-likeness (QED) is 0.425. The third-order valence-corrected chi connectivity index (χ3v) is 1.73. The van der Waals surface area contributed by atoms with Gasteiger partial charge in [-0.05, 0) is 5.57 Å². The molecule has 0 aromatic carbocycles. The molecule has 0 spiro atoms. The van der Waals surface area contributed by atoms with E-state index in [1.54, 1.807) is 11.9 Å². The molecule has 0 heterocycles. The second-order valence-electron chi connectivity index (χ2n) is 2.35. The molecule has 0 aromatic rings. The van der Waals surface area contributed by atoms with Gasteiger partial charge in [-0.3, -0.25) is 20.4 Å². The van der Waals surface area contributed by atoms with E-state index >= 15 is 0 Å². The molecule has 0 aromatic heterocycles. The van der Waals surface area contributed by atoms with Crippen molar-refractivity contribution in [2.75, 3.05) is 0 Å². The van der Waals surface area contributed by atoms with Gasteiger partial charge in [-0.15, -0.1) is 0 Å². The van der Waals surface area contributed by atoms with Crippen LogP contribution in [0.25, 0.3) is 19.9 Å². The molecule has 0 fully saturated rings. The summed E-state index contributed by atoms with van der Waals surface area (Å²) in [6.07, 6.45) is 0. The molecule has 15 heavy (non-hydrogen) atoms. The summed E-state index contributed by atoms with van der Waals surface area (Å²) in [6, 6.07) is 1.67. The third-order valence-electron chi connectivity index (χ3n) is 1.73. The average molecular weight is 190 g/mol. The van der Waals surface area contributed by atoms with E-state index in [-0.39, 0.29) is 28.2 Å². The maximum absolute atomic E-state index is 8.74. The maximum atomic E-state index is 8.74. The van der Waals surface area contributed by atoms with Gasteiger partial charge in [0.1, 0.15) is 0 Å². The highest BCUT2D eigenvalue weighted by molar-refractivity contribution is 5.85. The van der Waals surface area contributed by atoms with Crippen LogP contribution in [0, 0.1) is 31.0 Å². The van der Waals surface area contributed by atoms with E-state index in [1.165, 1.54) is 0 Å². The molecule has 0 N–H and O–H groups in total. The van der Waals surface area contributed by atoms with Crippen LogP contribution < -0.4 is 0 Å². The van der Waals surface area contributed by atoms with Crippen LogP contribution in [0.1, 0.15) is 0 Å². The van der Waals surface area contributed by atoms with Gasteiger partial charge in [0.25, 0.3) is 0 Å². The molecule has 0 unspecified atom stereocenters. The number of nitrogens with zero attached hydrogens (tertiary/aromatic N) is 5. The lowest BCUT2D eigenvalue weighted by Crippen LogP contribution is -1.84. The van der Waals surface area contributed by atoms with Crippen LogP contribution in [0.5, 0.6) is 0 Å². The van der Waals surface area contributed by atoms with Gasteiger partial charge in [0.15, 0.2) is 5.70 Å². The van der Waals surface area contributed by atoms with Gasteiger partial charge in [0.05, 0.1) is 25.8 Å². The molecule has 1 aliphatic rings. The Morgan fingerprint density at radius 3 is 1.87 bits per heavy atom. The first kappa shape index (κ1) is 9.97. The smallest absolute Gasteiger partial charge is 0.203 e. The summed E-state index contributed by atoms with van der Waals surface area (Å²) >= 11 is 0. The second kappa shape index (κ2) is 3.73. The lowest BCUT2D eigenvalue weighted by Gasteiger charge is -1.96. The first-order valence-corrected chi connectivity index (χ1v) is 3.54. The van der Waals surface area contributed by atoms with Crippen LogP contribution in [-0.4, -0.2) is 5.87 Å². The lowest BCUT2D eigenvalue weighted by molar-refractivity contribution is 1.46. The van der Waals surface area contributed by atoms with Crippen molar-refractivity contribution >= 4 is 5.87 Å². The Bertz CT molecular complexity index is 563. The lowest BCUT2D eigenvalue weighted by atomic mass is 10.1. The fraction of sp³-hybridized carbons (Fsp3) is 0. The molecule has 66 valence electrons. The van der Waals surface area contributed by atoms with Crippen molar-refractivity contribution in [2.45, 2.75) is 0 Å². The zero-order valence-corrected chi connectivity index (χ0v) is 7.24. The maximum Gasteiger partial charge on any atom is 0.203 e. The van der Waals surface area contributed by atoms with Crippen LogP contribution >= 0.6 is 0 Å². The van der Waals surface area contributed by atoms with Crippen molar-refractivity contribution in [2.24, 2.45) is 0 Å². The molecule has 5 heteroatoms. The zero-order valence-electron chi connectivity index (χ0n) is 7.24. The van der Waals surface area contributed by atoms with Gasteiger partial charge >= 0.3 is 0 Å². The molecule has 5 nitrogen and oxygen atoms in total. The molecule has 0 bridgehead atoms. The fourth-order valence-corrected chi connectivity index (χ4v) is 1.13. The van der Waals surface area contributed by atoms with Gasteiger partial charge < -0.3 is 5.41 Å². The van der Waals surface area contributed by atoms with E-state index in [1.807, 2.05) is 0 Å². The Kier molecular flexibility index (Phi) is 2.48. The van der Waals surface area contributed by atoms with Crippen molar-refractivity contribution in [1.82, 2.24) is 0 Å². The monoisotopic (exact) mass is 190 g/mol. The molecular formula is C10N5-. The fourth-order valence-electron chi connectivity index (χ4n) is 1.13. The molecule has 0 saturated carbocycles. The minimum Gasteiger partial charge on any atom is -0.764 e. The summed E-state index contributed by atoms with van der Waals surface area (Å²) in [5.74, 6) is 1.67. The molecule has 0 aliphatic heterocycles. The van der Waals surface area contributed by atoms with Gasteiger partial charge in [-0.25, -0.2) is 0 Å². The molecule has 0 radical (unpaired) electrons. The zero-order chi connectivity index (χ0) is 11.4. The van der Waals surface area contributed by atoms with E-state index in [2.05, 4.69) is 14.5 Å². The van der Waals surface area contributed by atoms with E-state index < -0.39 is 0 Å². The van der Waals surface area contributed by atoms with Crippen LogP contribution in [0.15, 0.2) is 28.2 Å². The largest absolute Gasteiger partial charge is 0.764 e. The SMILES string of the molecule is [C-]#[N+]C1=C(C#N)C(=C=[N-])C([N+]#[C-])=C1[N+]#[C-]. The van der Waals surface area contributed by atoms with E-state index in [0.717, 1.165) is 0 Å². The first-order valence-electron chi connectivity index (χ1n) is 3.54. The number of rotatable bonds is 0. The van der Waals surface area contributed by atoms with E-state index in [9.17, 15) is 0 Å². The molecule has 1 rings (SSSR count). The Hall–Kier alpha value is -3.11. The van der Waals surface area contributed by atoms with Gasteiger partial charge in [0.2, 0.25) is 11.4 Å². The van der Waals surface area contributed by atoms with Gasteiger partial charge in [-0.1, -0.05) is 0 Å². The van der Waals surface area contributed by atoms with E-state index in [4.69, 9.17) is 30.4 Å². The molecule has 0 saturated heterocycles. The molecule has 0 atom stereocenters. The highest BCUT2D eigenvalue weighted by Crippen LogP contribution is 2.37. The highest BCUT2D eigenvalue weighted by Gasteiger charge is 2.29. The number of hydrogen-bond acceptors (Lipinski definition) is 1. The number of hydrogen-bond donors (Lipinski definition) is 0. The van der Waals surface area contributed by atoms with Crippen LogP contribution in [0.2, 0.25) is 0 Å². The summed E-state index contributed by atoms with van der Waals surface area (Å²) in [5.41, 5.74) is -0.952. The van der Waals surface area contributed by atoms with Crippen molar-refractivity contribution in [1.29, 1.82) is 5.26 Å². The topological polar surface area (TPSA) is 59.2 Å². The molecular weight excluding hydrogens is 190 g/mol. The minimum atomic E-state index is -0.201. The second-order valence-corrected chi connectivity index (χ2v) is 2.35. The first-order chi connectivity index (χ1) is 7.24. The van der Waals surface area contributed by atoms with Crippen molar-refractivity contribution < 1.29 is 0 Å². The number of allylic oxidation sites excluding steroid dienone is 1. The Balaban J connectivity index is 3.75. The third kappa shape index (κ3) is 1.19. The van der Waals surface area contributed by atoms with E-state index in [0.29, 0.717) is 0 Å². The van der Waals surface area contributed by atoms with Gasteiger partial charge in [0, 0.05) is 5.57 Å². The Morgan fingerprint density at radius 1 is 1.00 bits per heavy atom. The van der Waals surface area contributed by atoms with Crippen LogP contribution in [-0.2, 0) is 0 Å². The van der Waals surface area contributed by atoms with Crippen LogP contribution in [0.4, 0.5) is 0 Å². The Morgan fingerprint density at radius 2 is 1.53 bits per heavy atom. The minimum absolute atomic E-state index is 0.176. The standard InChI is InChI=1S/C10N5/c1-13-8-6(4-11)7(5-12)9(14-2)10(8)15-3/q-1. The van der Waals surface area contributed by atoms with Crippen molar-refractivity contribution in [3.05, 3.63) is 67.9 Å². The predicted molar refractivity (Wildman–Crippen MR) is 51.4 cm³/mol. The normalized spacial score (nSPS) is 13.7. The van der Waals surface area contributed by atoms with Gasteiger partial charge in [-0.2, -0.15) is 5.26 Å². The Labute approximate surface area is 85.8 Å². The summed E-state index contributed by atoms with van der Waals surface area (Å²) in [4.78, 5) is 9.03. The summed E-state index contributed by atoms with van der Waals surface area (Å²) in [5, 5.41) is 17.5. The summed E-state index contributed by atoms with van der Waals surface area (Å²) in [7, 11) is 0. The summed E-state index contributed by atoms with van der Waals surface area (Å²) in [6.45, 7) is 20.4. The van der Waals surface area contributed by atoms with Crippen molar-refractivity contribution in [3.63, 3.8) is 0 Å². The predicted octanol–water partition coefficient (Wildman–Crippen LogP) is 1.91. The molecule has 1 aliphatic carbocycles. The number of nitriles is 1.